The zero-order valence-electron chi connectivity index (χ0n) is 5.99. The third-order valence-corrected chi connectivity index (χ3v) is 1.42. The summed E-state index contributed by atoms with van der Waals surface area (Å²) >= 11 is 2.11. The van der Waals surface area contributed by atoms with Gasteiger partial charge in [0.05, 0.1) is 3.42 Å². The van der Waals surface area contributed by atoms with Gasteiger partial charge in [0.1, 0.15) is 0 Å². The van der Waals surface area contributed by atoms with E-state index < -0.39 is 0 Å². The van der Waals surface area contributed by atoms with Crippen molar-refractivity contribution in [3.8, 4) is 0 Å². The summed E-state index contributed by atoms with van der Waals surface area (Å²) in [6.07, 6.45) is 0. The maximum absolute atomic E-state index is 11.1. The van der Waals surface area contributed by atoms with E-state index in [1.807, 2.05) is 13.8 Å². The van der Waals surface area contributed by atoms with Gasteiger partial charge in [0.25, 0.3) is 0 Å². The number of hydrogen-bond acceptors (Lipinski definition) is 1. The summed E-state index contributed by atoms with van der Waals surface area (Å²) in [6.45, 7) is 9.07. The zero-order chi connectivity index (χ0) is 7.65. The molecule has 0 radical (unpaired) electrons. The van der Waals surface area contributed by atoms with Crippen molar-refractivity contribution in [3.63, 3.8) is 0 Å². The Hall–Kier alpha value is 0.140. The van der Waals surface area contributed by atoms with Crippen LogP contribution in [0.3, 0.4) is 0 Å². The van der Waals surface area contributed by atoms with Gasteiger partial charge in [-0.05, 0) is 26.3 Å². The molecule has 0 spiro atoms. The lowest BCUT2D eigenvalue weighted by Crippen LogP contribution is -2.23. The van der Waals surface area contributed by atoms with Crippen molar-refractivity contribution in [2.24, 2.45) is 0 Å². The summed E-state index contributed by atoms with van der Waals surface area (Å²) in [4.78, 5) is 11.1. The summed E-state index contributed by atoms with van der Waals surface area (Å²) in [5.74, 6) is 0.128. The van der Waals surface area contributed by atoms with Gasteiger partial charge in [0.15, 0.2) is 5.78 Å². The summed E-state index contributed by atoms with van der Waals surface area (Å²) in [7, 11) is 0. The highest BCUT2D eigenvalue weighted by atomic mass is 127. The first-order valence-electron chi connectivity index (χ1n) is 2.75. The minimum Gasteiger partial charge on any atom is -0.293 e. The fourth-order valence-electron chi connectivity index (χ4n) is 0.507. The van der Waals surface area contributed by atoms with Gasteiger partial charge in [-0.15, -0.1) is 0 Å². The van der Waals surface area contributed by atoms with E-state index in [2.05, 4.69) is 29.2 Å². The minimum atomic E-state index is -0.288. The fraction of sp³-hybridized carbons (Fsp3) is 0.571. The fourth-order valence-corrected chi connectivity index (χ4v) is 0.968. The molecule has 0 amide bonds. The molecule has 0 N–H and O–H groups in total. The maximum atomic E-state index is 11.1. The minimum absolute atomic E-state index is 0.128. The molecule has 52 valence electrons. The number of hydrogen-bond donors (Lipinski definition) is 0. The molecule has 0 bridgehead atoms. The standard InChI is InChI=1S/C7H11IO/c1-5(2)6(9)7(3,4)8/h1H2,2-4H3. The van der Waals surface area contributed by atoms with Crippen LogP contribution in [0.15, 0.2) is 12.2 Å². The third-order valence-electron chi connectivity index (χ3n) is 0.928. The van der Waals surface area contributed by atoms with Crippen molar-refractivity contribution >= 4 is 28.4 Å². The summed E-state index contributed by atoms with van der Waals surface area (Å²) < 4.78 is -0.288. The highest BCUT2D eigenvalue weighted by Crippen LogP contribution is 2.20. The zero-order valence-corrected chi connectivity index (χ0v) is 8.15. The van der Waals surface area contributed by atoms with Crippen LogP contribution in [0.1, 0.15) is 20.8 Å². The van der Waals surface area contributed by atoms with E-state index in [1.54, 1.807) is 6.92 Å². The number of carbonyl (C=O) groups excluding carboxylic acids is 1. The van der Waals surface area contributed by atoms with Crippen molar-refractivity contribution < 1.29 is 4.79 Å². The second-order valence-corrected chi connectivity index (χ2v) is 5.28. The van der Waals surface area contributed by atoms with Gasteiger partial charge < -0.3 is 0 Å². The lowest BCUT2D eigenvalue weighted by atomic mass is 10.0. The molecule has 0 aliphatic heterocycles. The first-order chi connectivity index (χ1) is 3.85. The highest BCUT2D eigenvalue weighted by molar-refractivity contribution is 14.1. The molecule has 0 fully saturated rings. The topological polar surface area (TPSA) is 17.1 Å². The van der Waals surface area contributed by atoms with Crippen LogP contribution >= 0.6 is 22.6 Å². The molecule has 0 aromatic carbocycles. The number of alkyl halides is 1. The Morgan fingerprint density at radius 1 is 1.56 bits per heavy atom. The Kier molecular flexibility index (Phi) is 2.86. The molecular weight excluding hydrogens is 227 g/mol. The van der Waals surface area contributed by atoms with Gasteiger partial charge >= 0.3 is 0 Å². The average molecular weight is 238 g/mol. The molecule has 0 aromatic heterocycles. The number of Topliss-reactive ketones (excluding diaryl/α,β-unsaturated/α-hetero) is 1. The molecule has 2 heteroatoms. The smallest absolute Gasteiger partial charge is 0.173 e. The molecule has 0 unspecified atom stereocenters. The summed E-state index contributed by atoms with van der Waals surface area (Å²) in [5, 5.41) is 0. The number of allylic oxidation sites excluding steroid dienone is 1. The van der Waals surface area contributed by atoms with Crippen LogP contribution in [0.5, 0.6) is 0 Å². The first kappa shape index (κ1) is 9.14. The Balaban J connectivity index is 4.23. The van der Waals surface area contributed by atoms with Gasteiger partial charge in [-0.25, -0.2) is 0 Å². The van der Waals surface area contributed by atoms with Gasteiger partial charge in [0.2, 0.25) is 0 Å². The number of ketones is 1. The monoisotopic (exact) mass is 238 g/mol. The molecule has 0 rings (SSSR count). The number of rotatable bonds is 2. The van der Waals surface area contributed by atoms with Crippen LogP contribution < -0.4 is 0 Å². The van der Waals surface area contributed by atoms with Gasteiger partial charge in [0, 0.05) is 0 Å². The SMILES string of the molecule is C=C(C)C(=O)C(C)(C)I. The van der Waals surface area contributed by atoms with E-state index in [-0.39, 0.29) is 9.20 Å². The van der Waals surface area contributed by atoms with Crippen LogP contribution in [0.4, 0.5) is 0 Å². The second kappa shape index (κ2) is 2.82. The molecule has 0 atom stereocenters. The molecule has 0 aromatic rings. The molecule has 0 heterocycles. The Morgan fingerprint density at radius 3 is 1.89 bits per heavy atom. The number of halogens is 1. The summed E-state index contributed by atoms with van der Waals surface area (Å²) in [6, 6.07) is 0. The van der Waals surface area contributed by atoms with Crippen molar-refractivity contribution in [2.75, 3.05) is 0 Å². The van der Waals surface area contributed by atoms with E-state index in [0.717, 1.165) is 0 Å². The van der Waals surface area contributed by atoms with E-state index in [4.69, 9.17) is 0 Å². The number of carbonyl (C=O) groups is 1. The van der Waals surface area contributed by atoms with Crippen LogP contribution in [0.25, 0.3) is 0 Å². The first-order valence-corrected chi connectivity index (χ1v) is 3.83. The van der Waals surface area contributed by atoms with E-state index in [0.29, 0.717) is 5.57 Å². The molecule has 1 nitrogen and oxygen atoms in total. The van der Waals surface area contributed by atoms with Crippen molar-refractivity contribution in [1.29, 1.82) is 0 Å². The molecule has 0 aliphatic rings. The highest BCUT2D eigenvalue weighted by Gasteiger charge is 2.23. The van der Waals surface area contributed by atoms with Crippen LogP contribution in [0, 0.1) is 0 Å². The van der Waals surface area contributed by atoms with Crippen molar-refractivity contribution in [1.82, 2.24) is 0 Å². The van der Waals surface area contributed by atoms with E-state index >= 15 is 0 Å². The Morgan fingerprint density at radius 2 is 1.89 bits per heavy atom. The Labute approximate surface area is 69.7 Å². The molecular formula is C7H11IO. The molecule has 0 saturated carbocycles. The van der Waals surface area contributed by atoms with E-state index in [1.165, 1.54) is 0 Å². The Bertz CT molecular complexity index is 141. The van der Waals surface area contributed by atoms with Crippen LogP contribution in [-0.4, -0.2) is 9.20 Å². The molecule has 9 heavy (non-hydrogen) atoms. The third kappa shape index (κ3) is 2.98. The van der Waals surface area contributed by atoms with E-state index in [9.17, 15) is 4.79 Å². The lowest BCUT2D eigenvalue weighted by molar-refractivity contribution is -0.116. The maximum Gasteiger partial charge on any atom is 0.173 e. The van der Waals surface area contributed by atoms with Gasteiger partial charge in [-0.2, -0.15) is 0 Å². The quantitative estimate of drug-likeness (QED) is 0.410. The normalized spacial score (nSPS) is 11.1. The molecule has 0 saturated heterocycles. The largest absolute Gasteiger partial charge is 0.293 e. The second-order valence-electron chi connectivity index (χ2n) is 2.58. The summed E-state index contributed by atoms with van der Waals surface area (Å²) in [5.41, 5.74) is 0.634. The van der Waals surface area contributed by atoms with Crippen molar-refractivity contribution in [2.45, 2.75) is 24.2 Å². The van der Waals surface area contributed by atoms with Gasteiger partial charge in [-0.3, -0.25) is 4.79 Å². The van der Waals surface area contributed by atoms with Crippen molar-refractivity contribution in [3.05, 3.63) is 12.2 Å². The predicted octanol–water partition coefficient (Wildman–Crippen LogP) is 2.35. The predicted molar refractivity (Wildman–Crippen MR) is 47.9 cm³/mol. The molecule has 0 aliphatic carbocycles. The average Bonchev–Trinajstić information content (AvgIpc) is 1.62. The van der Waals surface area contributed by atoms with Crippen LogP contribution in [-0.2, 0) is 4.79 Å². The lowest BCUT2D eigenvalue weighted by Gasteiger charge is -2.13. The van der Waals surface area contributed by atoms with Crippen LogP contribution in [0.2, 0.25) is 0 Å². The van der Waals surface area contributed by atoms with Gasteiger partial charge in [-0.1, -0.05) is 29.2 Å².